The highest BCUT2D eigenvalue weighted by atomic mass is 15.0. The standard InChI is InChI=1S/C10H19N/c1-10(2)8-6-4-5-7(8)9(10)11-3/h7-9,11H,4-6H2,1-3H3. The minimum atomic E-state index is 0.579. The second-order valence-corrected chi connectivity index (χ2v) is 4.79. The molecule has 3 unspecified atom stereocenters. The molecule has 0 radical (unpaired) electrons. The van der Waals surface area contributed by atoms with E-state index in [1.165, 1.54) is 19.3 Å². The predicted molar refractivity (Wildman–Crippen MR) is 47.5 cm³/mol. The van der Waals surface area contributed by atoms with Gasteiger partial charge in [0.05, 0.1) is 0 Å². The minimum absolute atomic E-state index is 0.579. The highest BCUT2D eigenvalue weighted by Gasteiger charge is 2.56. The van der Waals surface area contributed by atoms with Crippen LogP contribution in [0.3, 0.4) is 0 Å². The lowest BCUT2D eigenvalue weighted by Crippen LogP contribution is -2.61. The Labute approximate surface area is 69.6 Å². The smallest absolute Gasteiger partial charge is 0.0149 e. The molecule has 1 nitrogen and oxygen atoms in total. The minimum Gasteiger partial charge on any atom is -0.316 e. The zero-order valence-electron chi connectivity index (χ0n) is 7.85. The van der Waals surface area contributed by atoms with Gasteiger partial charge in [0, 0.05) is 6.04 Å². The number of fused-ring (bicyclic) bond motifs is 1. The number of rotatable bonds is 1. The summed E-state index contributed by atoms with van der Waals surface area (Å²) in [6, 6.07) is 0.801. The largest absolute Gasteiger partial charge is 0.316 e. The Kier molecular flexibility index (Phi) is 1.54. The van der Waals surface area contributed by atoms with Gasteiger partial charge in [0.2, 0.25) is 0 Å². The van der Waals surface area contributed by atoms with Gasteiger partial charge in [-0.05, 0) is 37.1 Å². The van der Waals surface area contributed by atoms with Crippen LogP contribution in [0.2, 0.25) is 0 Å². The molecule has 3 atom stereocenters. The maximum Gasteiger partial charge on any atom is 0.0149 e. The van der Waals surface area contributed by atoms with Crippen molar-refractivity contribution >= 4 is 0 Å². The molecule has 0 saturated heterocycles. The molecular weight excluding hydrogens is 134 g/mol. The van der Waals surface area contributed by atoms with Crippen LogP contribution in [-0.4, -0.2) is 13.1 Å². The third kappa shape index (κ3) is 0.807. The van der Waals surface area contributed by atoms with Crippen molar-refractivity contribution in [2.24, 2.45) is 17.3 Å². The second kappa shape index (κ2) is 2.22. The SMILES string of the molecule is CNC1C2CCCC2C1(C)C. The molecule has 0 spiro atoms. The molecule has 0 aromatic heterocycles. The van der Waals surface area contributed by atoms with Gasteiger partial charge in [-0.2, -0.15) is 0 Å². The number of hydrogen-bond donors (Lipinski definition) is 1. The Bertz CT molecular complexity index is 162. The summed E-state index contributed by atoms with van der Waals surface area (Å²) in [5.41, 5.74) is 0.579. The fraction of sp³-hybridized carbons (Fsp3) is 1.00. The number of hydrogen-bond acceptors (Lipinski definition) is 1. The van der Waals surface area contributed by atoms with Crippen molar-refractivity contribution in [1.82, 2.24) is 5.32 Å². The molecule has 1 heteroatoms. The molecule has 2 aliphatic carbocycles. The lowest BCUT2D eigenvalue weighted by molar-refractivity contribution is -0.0364. The Balaban J connectivity index is 2.12. The van der Waals surface area contributed by atoms with Crippen molar-refractivity contribution in [3.63, 3.8) is 0 Å². The maximum absolute atomic E-state index is 3.46. The molecule has 0 aliphatic heterocycles. The van der Waals surface area contributed by atoms with Crippen LogP contribution in [0.4, 0.5) is 0 Å². The summed E-state index contributed by atoms with van der Waals surface area (Å²) in [6.07, 6.45) is 4.42. The van der Waals surface area contributed by atoms with Crippen LogP contribution in [0, 0.1) is 17.3 Å². The molecule has 2 rings (SSSR count). The van der Waals surface area contributed by atoms with Crippen LogP contribution in [0.15, 0.2) is 0 Å². The Morgan fingerprint density at radius 3 is 2.64 bits per heavy atom. The molecule has 2 saturated carbocycles. The summed E-state index contributed by atoms with van der Waals surface area (Å²) >= 11 is 0. The fourth-order valence-corrected chi connectivity index (χ4v) is 3.56. The first-order valence-electron chi connectivity index (χ1n) is 4.85. The third-order valence-corrected chi connectivity index (χ3v) is 4.07. The summed E-state index contributed by atoms with van der Waals surface area (Å²) in [4.78, 5) is 0. The van der Waals surface area contributed by atoms with Crippen LogP contribution >= 0.6 is 0 Å². The van der Waals surface area contributed by atoms with E-state index < -0.39 is 0 Å². The van der Waals surface area contributed by atoms with E-state index in [4.69, 9.17) is 0 Å². The van der Waals surface area contributed by atoms with Crippen LogP contribution in [0.1, 0.15) is 33.1 Å². The fourth-order valence-electron chi connectivity index (χ4n) is 3.56. The predicted octanol–water partition coefficient (Wildman–Crippen LogP) is 2.03. The van der Waals surface area contributed by atoms with Crippen LogP contribution in [0.5, 0.6) is 0 Å². The van der Waals surface area contributed by atoms with Crippen molar-refractivity contribution in [2.45, 2.75) is 39.2 Å². The molecule has 2 aliphatic rings. The van der Waals surface area contributed by atoms with Crippen molar-refractivity contribution in [1.29, 1.82) is 0 Å². The van der Waals surface area contributed by atoms with Crippen molar-refractivity contribution in [3.8, 4) is 0 Å². The van der Waals surface area contributed by atoms with E-state index in [0.717, 1.165) is 17.9 Å². The van der Waals surface area contributed by atoms with Crippen molar-refractivity contribution < 1.29 is 0 Å². The Morgan fingerprint density at radius 1 is 1.27 bits per heavy atom. The van der Waals surface area contributed by atoms with Crippen molar-refractivity contribution in [2.75, 3.05) is 7.05 Å². The normalized spacial score (nSPS) is 46.6. The monoisotopic (exact) mass is 153 g/mol. The Hall–Kier alpha value is -0.0400. The van der Waals surface area contributed by atoms with Gasteiger partial charge in [-0.1, -0.05) is 20.3 Å². The van der Waals surface area contributed by atoms with Gasteiger partial charge < -0.3 is 5.32 Å². The summed E-state index contributed by atoms with van der Waals surface area (Å²) in [7, 11) is 2.11. The molecule has 0 bridgehead atoms. The molecule has 0 aromatic rings. The molecule has 64 valence electrons. The van der Waals surface area contributed by atoms with Crippen LogP contribution in [-0.2, 0) is 0 Å². The van der Waals surface area contributed by atoms with Gasteiger partial charge in [0.25, 0.3) is 0 Å². The summed E-state index contributed by atoms with van der Waals surface area (Å²) in [5.74, 6) is 2.04. The second-order valence-electron chi connectivity index (χ2n) is 4.79. The van der Waals surface area contributed by atoms with Gasteiger partial charge in [0.15, 0.2) is 0 Å². The molecular formula is C10H19N. The molecule has 0 amide bonds. The summed E-state index contributed by atoms with van der Waals surface area (Å²) in [5, 5.41) is 3.46. The quantitative estimate of drug-likeness (QED) is 0.608. The molecule has 0 heterocycles. The van der Waals surface area contributed by atoms with Gasteiger partial charge in [-0.25, -0.2) is 0 Å². The van der Waals surface area contributed by atoms with Gasteiger partial charge in [0.1, 0.15) is 0 Å². The molecule has 2 fully saturated rings. The zero-order chi connectivity index (χ0) is 8.06. The van der Waals surface area contributed by atoms with E-state index in [9.17, 15) is 0 Å². The van der Waals surface area contributed by atoms with E-state index in [-0.39, 0.29) is 0 Å². The molecule has 0 aromatic carbocycles. The van der Waals surface area contributed by atoms with Gasteiger partial charge in [-0.15, -0.1) is 0 Å². The zero-order valence-corrected chi connectivity index (χ0v) is 7.85. The van der Waals surface area contributed by atoms with Gasteiger partial charge >= 0.3 is 0 Å². The van der Waals surface area contributed by atoms with Crippen LogP contribution < -0.4 is 5.32 Å². The average Bonchev–Trinajstić information content (AvgIpc) is 2.34. The highest BCUT2D eigenvalue weighted by Crippen LogP contribution is 2.58. The first-order chi connectivity index (χ1) is 5.18. The number of nitrogens with one attached hydrogen (secondary N) is 1. The van der Waals surface area contributed by atoms with E-state index in [0.29, 0.717) is 5.41 Å². The van der Waals surface area contributed by atoms with Gasteiger partial charge in [-0.3, -0.25) is 0 Å². The highest BCUT2D eigenvalue weighted by molar-refractivity contribution is 5.09. The first-order valence-corrected chi connectivity index (χ1v) is 4.85. The first kappa shape index (κ1) is 7.60. The van der Waals surface area contributed by atoms with E-state index in [1.807, 2.05) is 0 Å². The lowest BCUT2D eigenvalue weighted by Gasteiger charge is -2.56. The maximum atomic E-state index is 3.46. The van der Waals surface area contributed by atoms with Crippen molar-refractivity contribution in [3.05, 3.63) is 0 Å². The Morgan fingerprint density at radius 2 is 2.00 bits per heavy atom. The lowest BCUT2D eigenvalue weighted by atomic mass is 9.53. The summed E-state index contributed by atoms with van der Waals surface area (Å²) in [6.45, 7) is 4.83. The topological polar surface area (TPSA) is 12.0 Å². The third-order valence-electron chi connectivity index (χ3n) is 4.07. The van der Waals surface area contributed by atoms with E-state index in [1.54, 1.807) is 0 Å². The summed E-state index contributed by atoms with van der Waals surface area (Å²) < 4.78 is 0. The van der Waals surface area contributed by atoms with Crippen LogP contribution in [0.25, 0.3) is 0 Å². The van der Waals surface area contributed by atoms with E-state index in [2.05, 4.69) is 26.2 Å². The average molecular weight is 153 g/mol. The molecule has 1 N–H and O–H groups in total. The van der Waals surface area contributed by atoms with E-state index >= 15 is 0 Å². The molecule has 11 heavy (non-hydrogen) atoms.